The van der Waals surface area contributed by atoms with E-state index >= 15 is 0 Å². The van der Waals surface area contributed by atoms with E-state index in [1.807, 2.05) is 60.7 Å². The maximum Gasteiger partial charge on any atom is 0.348 e. The SMILES string of the molecule is C[C@H](OC(=O)C1COC1)OC(C(=O)OC1CC2CCC(C1)[N+]21CCCC1)(c1ccccc1)c1ccccc1. The van der Waals surface area contributed by atoms with Crippen molar-refractivity contribution < 1.29 is 33.0 Å². The van der Waals surface area contributed by atoms with Gasteiger partial charge < -0.3 is 23.4 Å². The number of benzene rings is 2. The Morgan fingerprint density at radius 1 is 0.895 bits per heavy atom. The minimum Gasteiger partial charge on any atom is -0.459 e. The summed E-state index contributed by atoms with van der Waals surface area (Å²) in [6, 6.07) is 20.0. The van der Waals surface area contributed by atoms with Gasteiger partial charge in [0, 0.05) is 38.5 Å². The summed E-state index contributed by atoms with van der Waals surface area (Å²) in [4.78, 5) is 27.0. The zero-order valence-corrected chi connectivity index (χ0v) is 22.1. The Labute approximate surface area is 224 Å². The highest BCUT2D eigenvalue weighted by molar-refractivity contribution is 5.86. The number of nitrogens with zero attached hydrogens (tertiary/aromatic N) is 1. The first kappa shape index (κ1) is 25.5. The van der Waals surface area contributed by atoms with E-state index in [0.717, 1.165) is 12.8 Å². The van der Waals surface area contributed by atoms with Crippen molar-refractivity contribution in [3.05, 3.63) is 71.8 Å². The predicted octanol–water partition coefficient (Wildman–Crippen LogP) is 4.33. The number of esters is 2. The summed E-state index contributed by atoms with van der Waals surface area (Å²) in [7, 11) is 0. The Hall–Kier alpha value is -2.74. The van der Waals surface area contributed by atoms with Crippen LogP contribution < -0.4 is 0 Å². The first-order valence-corrected chi connectivity index (χ1v) is 14.2. The van der Waals surface area contributed by atoms with E-state index in [-0.39, 0.29) is 18.0 Å². The highest BCUT2D eigenvalue weighted by Gasteiger charge is 2.57. The average molecular weight is 521 g/mol. The van der Waals surface area contributed by atoms with Crippen LogP contribution >= 0.6 is 0 Å². The molecule has 0 amide bonds. The number of hydrogen-bond acceptors (Lipinski definition) is 6. The van der Waals surface area contributed by atoms with E-state index in [1.54, 1.807) is 6.92 Å². The van der Waals surface area contributed by atoms with Gasteiger partial charge in [0.2, 0.25) is 11.9 Å². The number of piperidine rings is 1. The molecule has 38 heavy (non-hydrogen) atoms. The number of rotatable bonds is 8. The molecule has 0 aromatic heterocycles. The number of carbonyl (C=O) groups is 2. The minimum absolute atomic E-state index is 0.148. The molecule has 4 aliphatic rings. The summed E-state index contributed by atoms with van der Waals surface area (Å²) < 4.78 is 24.9. The average Bonchev–Trinajstić information content (AvgIpc) is 3.43. The normalized spacial score (nSPS) is 27.0. The highest BCUT2D eigenvalue weighted by atomic mass is 16.7. The monoisotopic (exact) mass is 520 g/mol. The van der Waals surface area contributed by atoms with Gasteiger partial charge >= 0.3 is 11.9 Å². The van der Waals surface area contributed by atoms with Crippen LogP contribution in [0.25, 0.3) is 0 Å². The maximum atomic E-state index is 14.4. The first-order valence-electron chi connectivity index (χ1n) is 14.2. The summed E-state index contributed by atoms with van der Waals surface area (Å²) in [5.41, 5.74) is -0.282. The molecule has 0 N–H and O–H groups in total. The van der Waals surface area contributed by atoms with Crippen molar-refractivity contribution in [1.82, 2.24) is 0 Å². The van der Waals surface area contributed by atoms with Gasteiger partial charge in [-0.2, -0.15) is 0 Å². The van der Waals surface area contributed by atoms with Gasteiger partial charge in [-0.05, 0) is 18.1 Å². The summed E-state index contributed by atoms with van der Waals surface area (Å²) in [6.07, 6.45) is 5.72. The second-order valence-corrected chi connectivity index (χ2v) is 11.4. The third-order valence-corrected chi connectivity index (χ3v) is 9.27. The molecule has 4 aliphatic heterocycles. The molecule has 2 aromatic rings. The minimum atomic E-state index is -1.57. The van der Waals surface area contributed by atoms with Crippen LogP contribution in [0.2, 0.25) is 0 Å². The molecule has 7 heteroatoms. The largest absolute Gasteiger partial charge is 0.459 e. The Bertz CT molecular complexity index is 1070. The van der Waals surface area contributed by atoms with E-state index in [2.05, 4.69) is 0 Å². The van der Waals surface area contributed by atoms with Gasteiger partial charge in [-0.15, -0.1) is 0 Å². The van der Waals surface area contributed by atoms with Gasteiger partial charge in [0.05, 0.1) is 38.4 Å². The lowest BCUT2D eigenvalue weighted by Crippen LogP contribution is -2.60. The Balaban J connectivity index is 1.30. The zero-order chi connectivity index (χ0) is 26.2. The summed E-state index contributed by atoms with van der Waals surface area (Å²) in [5.74, 6) is -1.13. The molecule has 2 unspecified atom stereocenters. The molecular formula is C31H38NO6+. The van der Waals surface area contributed by atoms with Crippen molar-refractivity contribution >= 4 is 11.9 Å². The van der Waals surface area contributed by atoms with Gasteiger partial charge in [-0.1, -0.05) is 60.7 Å². The Kier molecular flexibility index (Phi) is 7.01. The van der Waals surface area contributed by atoms with Crippen LogP contribution in [0, 0.1) is 5.92 Å². The lowest BCUT2D eigenvalue weighted by Gasteiger charge is -2.47. The van der Waals surface area contributed by atoms with Crippen molar-refractivity contribution in [3.63, 3.8) is 0 Å². The molecule has 1 spiro atoms. The van der Waals surface area contributed by atoms with Crippen LogP contribution in [0.1, 0.15) is 56.6 Å². The van der Waals surface area contributed by atoms with Crippen LogP contribution in [0.3, 0.4) is 0 Å². The van der Waals surface area contributed by atoms with Crippen molar-refractivity contribution in [3.8, 4) is 0 Å². The molecule has 0 radical (unpaired) electrons. The molecule has 4 fully saturated rings. The van der Waals surface area contributed by atoms with Gasteiger partial charge in [-0.25, -0.2) is 4.79 Å². The fourth-order valence-electron chi connectivity index (χ4n) is 7.38. The maximum absolute atomic E-state index is 14.4. The Morgan fingerprint density at radius 2 is 1.45 bits per heavy atom. The second-order valence-electron chi connectivity index (χ2n) is 11.4. The number of ether oxygens (including phenoxy) is 4. The summed E-state index contributed by atoms with van der Waals surface area (Å²) in [6.45, 7) is 4.89. The Morgan fingerprint density at radius 3 is 1.95 bits per heavy atom. The molecule has 4 heterocycles. The molecule has 0 aliphatic carbocycles. The van der Waals surface area contributed by atoms with Crippen molar-refractivity contribution in [2.45, 2.75) is 75.5 Å². The van der Waals surface area contributed by atoms with Crippen LogP contribution in [0.15, 0.2) is 60.7 Å². The molecule has 0 saturated carbocycles. The molecule has 202 valence electrons. The van der Waals surface area contributed by atoms with E-state index in [0.29, 0.717) is 36.4 Å². The second kappa shape index (κ2) is 10.4. The molecule has 2 aromatic carbocycles. The van der Waals surface area contributed by atoms with Crippen LogP contribution in [-0.2, 0) is 34.1 Å². The number of quaternary nitrogens is 1. The van der Waals surface area contributed by atoms with E-state index < -0.39 is 17.9 Å². The van der Waals surface area contributed by atoms with E-state index in [4.69, 9.17) is 18.9 Å². The predicted molar refractivity (Wildman–Crippen MR) is 140 cm³/mol. The molecule has 4 saturated heterocycles. The van der Waals surface area contributed by atoms with Gasteiger partial charge in [0.15, 0.2) is 0 Å². The number of hydrogen-bond donors (Lipinski definition) is 0. The van der Waals surface area contributed by atoms with Crippen molar-refractivity contribution in [2.75, 3.05) is 26.3 Å². The quantitative estimate of drug-likeness (QED) is 0.293. The van der Waals surface area contributed by atoms with E-state index in [9.17, 15) is 9.59 Å². The number of carbonyl (C=O) groups excluding carboxylic acids is 2. The molecule has 7 nitrogen and oxygen atoms in total. The molecule has 6 rings (SSSR count). The van der Waals surface area contributed by atoms with Crippen molar-refractivity contribution in [1.29, 1.82) is 0 Å². The lowest BCUT2D eigenvalue weighted by molar-refractivity contribution is -0.956. The van der Waals surface area contributed by atoms with Gasteiger partial charge in [0.1, 0.15) is 12.0 Å². The molecule has 2 bridgehead atoms. The third kappa shape index (κ3) is 4.44. The van der Waals surface area contributed by atoms with E-state index in [1.165, 1.54) is 43.3 Å². The lowest BCUT2D eigenvalue weighted by atomic mass is 9.85. The van der Waals surface area contributed by atoms with Crippen LogP contribution in [0.4, 0.5) is 0 Å². The fourth-order valence-corrected chi connectivity index (χ4v) is 7.38. The first-order chi connectivity index (χ1) is 18.5. The van der Waals surface area contributed by atoms with Gasteiger partial charge in [0.25, 0.3) is 0 Å². The highest BCUT2D eigenvalue weighted by Crippen LogP contribution is 2.47. The third-order valence-electron chi connectivity index (χ3n) is 9.27. The standard InChI is InChI=1S/C31H38NO6/c1-22(36-29(33)23-20-35-21-23)38-31(24-10-4-2-5-11-24,25-12-6-3-7-13-25)30(34)37-28-18-26-14-15-27(19-28)32(26)16-8-9-17-32/h2-7,10-13,22-23,26-28H,8-9,14-21H2,1H3/q+1/t22-,26?,27?,28?/m1/s1. The smallest absolute Gasteiger partial charge is 0.348 e. The molecular weight excluding hydrogens is 482 g/mol. The fraction of sp³-hybridized carbons (Fsp3) is 0.548. The topological polar surface area (TPSA) is 71.1 Å². The van der Waals surface area contributed by atoms with Crippen molar-refractivity contribution in [2.24, 2.45) is 5.92 Å². The zero-order valence-electron chi connectivity index (χ0n) is 22.1. The van der Waals surface area contributed by atoms with Crippen LogP contribution in [0.5, 0.6) is 0 Å². The molecule has 3 atom stereocenters. The summed E-state index contributed by atoms with van der Waals surface area (Å²) in [5, 5.41) is 0. The van der Waals surface area contributed by atoms with Crippen LogP contribution in [-0.4, -0.2) is 67.2 Å². The summed E-state index contributed by atoms with van der Waals surface area (Å²) >= 11 is 0. The van der Waals surface area contributed by atoms with Gasteiger partial charge in [-0.3, -0.25) is 4.79 Å².